The highest BCUT2D eigenvalue weighted by molar-refractivity contribution is 7.09. The van der Waals surface area contributed by atoms with Crippen LogP contribution in [0.4, 0.5) is 0 Å². The molecule has 1 saturated carbocycles. The van der Waals surface area contributed by atoms with Crippen LogP contribution in [0.5, 0.6) is 0 Å². The maximum absolute atomic E-state index is 11.4. The van der Waals surface area contributed by atoms with E-state index < -0.39 is 5.97 Å². The van der Waals surface area contributed by atoms with E-state index in [0.29, 0.717) is 18.0 Å². The van der Waals surface area contributed by atoms with E-state index in [4.69, 9.17) is 0 Å². The topological polar surface area (TPSA) is 68.0 Å². The number of rotatable bonds is 4. The fourth-order valence-electron chi connectivity index (χ4n) is 2.62. The lowest BCUT2D eigenvalue weighted by atomic mass is 10.2. The third-order valence-corrected chi connectivity index (χ3v) is 4.52. The van der Waals surface area contributed by atoms with E-state index in [1.165, 1.54) is 0 Å². The number of carboxylic acid groups (broad SMARTS) is 1. The van der Waals surface area contributed by atoms with E-state index in [1.807, 2.05) is 11.4 Å². The van der Waals surface area contributed by atoms with E-state index in [0.717, 1.165) is 29.2 Å². The zero-order valence-electron chi connectivity index (χ0n) is 11.2. The molecule has 1 aromatic carbocycles. The number of thiazole rings is 1. The fourth-order valence-corrected chi connectivity index (χ4v) is 3.23. The molecule has 4 rings (SSSR count). The van der Waals surface area contributed by atoms with Crippen molar-refractivity contribution in [3.8, 4) is 0 Å². The summed E-state index contributed by atoms with van der Waals surface area (Å²) >= 11 is 1.60. The molecule has 1 aliphatic rings. The van der Waals surface area contributed by atoms with Gasteiger partial charge in [0, 0.05) is 17.5 Å². The van der Waals surface area contributed by atoms with Crippen LogP contribution in [0.1, 0.15) is 39.9 Å². The average molecular weight is 299 g/mol. The van der Waals surface area contributed by atoms with Crippen LogP contribution in [0.25, 0.3) is 11.0 Å². The number of imidazole rings is 1. The molecule has 21 heavy (non-hydrogen) atoms. The largest absolute Gasteiger partial charge is 0.478 e. The van der Waals surface area contributed by atoms with Gasteiger partial charge in [0.05, 0.1) is 17.6 Å². The summed E-state index contributed by atoms with van der Waals surface area (Å²) in [5.74, 6) is 0.523. The molecule has 0 atom stereocenters. The van der Waals surface area contributed by atoms with Gasteiger partial charge in [-0.05, 0) is 25.0 Å². The molecular weight excluding hydrogens is 286 g/mol. The standard InChI is InChI=1S/C15H13N3O2S/c19-15(20)10-2-1-3-11-13(10)17-14(9-4-5-9)18(11)8-12-16-6-7-21-12/h1-3,6-7,9H,4-5,8H2,(H,19,20). The Labute approximate surface area is 124 Å². The van der Waals surface area contributed by atoms with Crippen molar-refractivity contribution in [2.45, 2.75) is 25.3 Å². The van der Waals surface area contributed by atoms with Gasteiger partial charge in [-0.15, -0.1) is 11.3 Å². The number of nitrogens with zero attached hydrogens (tertiary/aromatic N) is 3. The molecule has 5 nitrogen and oxygen atoms in total. The summed E-state index contributed by atoms with van der Waals surface area (Å²) in [7, 11) is 0. The Morgan fingerprint density at radius 2 is 2.29 bits per heavy atom. The van der Waals surface area contributed by atoms with E-state index in [1.54, 1.807) is 29.7 Å². The lowest BCUT2D eigenvalue weighted by molar-refractivity contribution is 0.0699. The molecule has 1 N–H and O–H groups in total. The third-order valence-electron chi connectivity index (χ3n) is 3.76. The molecule has 6 heteroatoms. The van der Waals surface area contributed by atoms with Crippen molar-refractivity contribution in [1.29, 1.82) is 0 Å². The Balaban J connectivity index is 1.92. The Morgan fingerprint density at radius 3 is 2.95 bits per heavy atom. The highest BCUT2D eigenvalue weighted by atomic mass is 32.1. The van der Waals surface area contributed by atoms with Crippen molar-refractivity contribution in [2.75, 3.05) is 0 Å². The van der Waals surface area contributed by atoms with Gasteiger partial charge in [-0.2, -0.15) is 0 Å². The highest BCUT2D eigenvalue weighted by Crippen LogP contribution is 2.41. The van der Waals surface area contributed by atoms with Crippen LogP contribution < -0.4 is 0 Å². The highest BCUT2D eigenvalue weighted by Gasteiger charge is 2.30. The van der Waals surface area contributed by atoms with Crippen LogP contribution in [0.15, 0.2) is 29.8 Å². The summed E-state index contributed by atoms with van der Waals surface area (Å²) in [5.41, 5.74) is 1.74. The predicted molar refractivity (Wildman–Crippen MR) is 79.9 cm³/mol. The number of aromatic nitrogens is 3. The molecule has 3 aromatic rings. The first-order valence-electron chi connectivity index (χ1n) is 6.85. The number of carbonyl (C=O) groups is 1. The van der Waals surface area contributed by atoms with Crippen molar-refractivity contribution in [1.82, 2.24) is 14.5 Å². The summed E-state index contributed by atoms with van der Waals surface area (Å²) < 4.78 is 2.12. The number of fused-ring (bicyclic) bond motifs is 1. The number of aromatic carboxylic acids is 1. The van der Waals surface area contributed by atoms with Crippen molar-refractivity contribution in [3.05, 3.63) is 46.2 Å². The number of hydrogen-bond acceptors (Lipinski definition) is 4. The first-order valence-corrected chi connectivity index (χ1v) is 7.73. The van der Waals surface area contributed by atoms with Crippen LogP contribution in [0.2, 0.25) is 0 Å². The summed E-state index contributed by atoms with van der Waals surface area (Å²) in [6.45, 7) is 0.656. The SMILES string of the molecule is O=C(O)c1cccc2c1nc(C1CC1)n2Cc1nccs1. The lowest BCUT2D eigenvalue weighted by Crippen LogP contribution is -2.04. The van der Waals surface area contributed by atoms with E-state index in [-0.39, 0.29) is 5.56 Å². The molecule has 0 amide bonds. The zero-order chi connectivity index (χ0) is 14.4. The Kier molecular flexibility index (Phi) is 2.78. The van der Waals surface area contributed by atoms with Crippen LogP contribution in [-0.4, -0.2) is 25.6 Å². The van der Waals surface area contributed by atoms with Crippen LogP contribution >= 0.6 is 11.3 Å². The lowest BCUT2D eigenvalue weighted by Gasteiger charge is -2.06. The molecule has 2 heterocycles. The summed E-state index contributed by atoms with van der Waals surface area (Å²) in [6.07, 6.45) is 4.05. The molecule has 106 valence electrons. The molecular formula is C15H13N3O2S. The van der Waals surface area contributed by atoms with Crippen molar-refractivity contribution >= 4 is 28.3 Å². The Morgan fingerprint density at radius 1 is 1.43 bits per heavy atom. The molecule has 1 fully saturated rings. The molecule has 1 aliphatic carbocycles. The van der Waals surface area contributed by atoms with Gasteiger partial charge in [0.15, 0.2) is 0 Å². The van der Waals surface area contributed by atoms with Gasteiger partial charge in [-0.25, -0.2) is 14.8 Å². The molecule has 0 radical (unpaired) electrons. The normalized spacial score (nSPS) is 14.7. The number of carboxylic acids is 1. The van der Waals surface area contributed by atoms with Gasteiger partial charge in [0.25, 0.3) is 0 Å². The van der Waals surface area contributed by atoms with Gasteiger partial charge < -0.3 is 9.67 Å². The fraction of sp³-hybridized carbons (Fsp3) is 0.267. The quantitative estimate of drug-likeness (QED) is 0.803. The molecule has 0 spiro atoms. The maximum Gasteiger partial charge on any atom is 0.337 e. The molecule has 0 aliphatic heterocycles. The van der Waals surface area contributed by atoms with E-state index in [9.17, 15) is 9.90 Å². The van der Waals surface area contributed by atoms with Crippen LogP contribution in [-0.2, 0) is 6.54 Å². The van der Waals surface area contributed by atoms with Gasteiger partial charge in [0.1, 0.15) is 16.3 Å². The predicted octanol–water partition coefficient (Wildman–Crippen LogP) is 3.12. The molecule has 0 saturated heterocycles. The average Bonchev–Trinajstić information content (AvgIpc) is 3.07. The second-order valence-corrected chi connectivity index (χ2v) is 6.21. The van der Waals surface area contributed by atoms with Gasteiger partial charge in [-0.1, -0.05) is 6.07 Å². The first-order chi connectivity index (χ1) is 10.2. The maximum atomic E-state index is 11.4. The number of benzene rings is 1. The Bertz CT molecular complexity index is 819. The minimum atomic E-state index is -0.929. The van der Waals surface area contributed by atoms with Crippen LogP contribution in [0, 0.1) is 0 Å². The van der Waals surface area contributed by atoms with Gasteiger partial charge in [0.2, 0.25) is 0 Å². The molecule has 0 bridgehead atoms. The smallest absolute Gasteiger partial charge is 0.337 e. The second kappa shape index (κ2) is 4.66. The van der Waals surface area contributed by atoms with Crippen molar-refractivity contribution < 1.29 is 9.90 Å². The number of para-hydroxylation sites is 1. The second-order valence-electron chi connectivity index (χ2n) is 5.23. The van der Waals surface area contributed by atoms with Crippen LogP contribution in [0.3, 0.4) is 0 Å². The van der Waals surface area contributed by atoms with E-state index in [2.05, 4.69) is 14.5 Å². The summed E-state index contributed by atoms with van der Waals surface area (Å²) in [5, 5.41) is 12.3. The minimum Gasteiger partial charge on any atom is -0.478 e. The summed E-state index contributed by atoms with van der Waals surface area (Å²) in [6, 6.07) is 5.33. The van der Waals surface area contributed by atoms with E-state index >= 15 is 0 Å². The first kappa shape index (κ1) is 12.5. The molecule has 2 aromatic heterocycles. The van der Waals surface area contributed by atoms with Gasteiger partial charge >= 0.3 is 5.97 Å². The zero-order valence-corrected chi connectivity index (χ0v) is 12.0. The van der Waals surface area contributed by atoms with Crippen molar-refractivity contribution in [2.24, 2.45) is 0 Å². The van der Waals surface area contributed by atoms with Gasteiger partial charge in [-0.3, -0.25) is 0 Å². The molecule has 0 unspecified atom stereocenters. The van der Waals surface area contributed by atoms with Crippen molar-refractivity contribution in [3.63, 3.8) is 0 Å². The summed E-state index contributed by atoms with van der Waals surface area (Å²) in [4.78, 5) is 20.3. The monoisotopic (exact) mass is 299 g/mol. The number of hydrogen-bond donors (Lipinski definition) is 1. The minimum absolute atomic E-state index is 0.271. The Hall–Kier alpha value is -2.21. The third kappa shape index (κ3) is 2.12.